The highest BCUT2D eigenvalue weighted by Gasteiger charge is 1.94. The van der Waals surface area contributed by atoms with Crippen LogP contribution in [-0.4, -0.2) is 59.0 Å². The van der Waals surface area contributed by atoms with Crippen LogP contribution in [0.5, 0.6) is 0 Å². The van der Waals surface area contributed by atoms with Gasteiger partial charge in [0.05, 0.1) is 52.4 Å². The van der Waals surface area contributed by atoms with Crippen molar-refractivity contribution in [2.24, 2.45) is 0 Å². The standard InChI is InChI=1S/C11H23FO4/c1-11(2)16-10-9-15-8-7-14-6-5-13-4-3-12/h11H,3-10H2,1-2H3. The van der Waals surface area contributed by atoms with E-state index in [0.717, 1.165) is 0 Å². The van der Waals surface area contributed by atoms with Crippen LogP contribution in [-0.2, 0) is 18.9 Å². The Kier molecular flexibility index (Phi) is 12.7. The van der Waals surface area contributed by atoms with Gasteiger partial charge in [-0.3, -0.25) is 0 Å². The molecule has 4 nitrogen and oxygen atoms in total. The Bertz CT molecular complexity index is 133. The summed E-state index contributed by atoms with van der Waals surface area (Å²) in [7, 11) is 0. The molecule has 0 N–H and O–H groups in total. The van der Waals surface area contributed by atoms with Gasteiger partial charge in [-0.05, 0) is 13.8 Å². The van der Waals surface area contributed by atoms with Gasteiger partial charge in [-0.25, -0.2) is 4.39 Å². The molecule has 0 aliphatic rings. The Balaban J connectivity index is 2.88. The third-order valence-electron chi connectivity index (χ3n) is 1.64. The molecule has 0 atom stereocenters. The average Bonchev–Trinajstić information content (AvgIpc) is 2.25. The van der Waals surface area contributed by atoms with Gasteiger partial charge < -0.3 is 18.9 Å². The van der Waals surface area contributed by atoms with E-state index in [9.17, 15) is 4.39 Å². The van der Waals surface area contributed by atoms with E-state index in [4.69, 9.17) is 18.9 Å². The van der Waals surface area contributed by atoms with Crippen LogP contribution in [0.2, 0.25) is 0 Å². The van der Waals surface area contributed by atoms with Crippen molar-refractivity contribution < 1.29 is 23.3 Å². The molecule has 0 aromatic heterocycles. The molecular formula is C11H23FO4. The summed E-state index contributed by atoms with van der Waals surface area (Å²) >= 11 is 0. The summed E-state index contributed by atoms with van der Waals surface area (Å²) in [6, 6.07) is 0. The molecule has 0 aromatic carbocycles. The fourth-order valence-corrected chi connectivity index (χ4v) is 0.939. The summed E-state index contributed by atoms with van der Waals surface area (Å²) in [4.78, 5) is 0. The molecule has 0 heterocycles. The van der Waals surface area contributed by atoms with Gasteiger partial charge in [-0.1, -0.05) is 0 Å². The van der Waals surface area contributed by atoms with Gasteiger partial charge in [0.2, 0.25) is 0 Å². The number of rotatable bonds is 12. The molecule has 0 amide bonds. The number of hydrogen-bond acceptors (Lipinski definition) is 4. The fraction of sp³-hybridized carbons (Fsp3) is 1.00. The minimum absolute atomic E-state index is 0.145. The largest absolute Gasteiger partial charge is 0.377 e. The van der Waals surface area contributed by atoms with E-state index in [1.54, 1.807) is 0 Å². The van der Waals surface area contributed by atoms with Crippen molar-refractivity contribution in [3.63, 3.8) is 0 Å². The zero-order chi connectivity index (χ0) is 12.1. The van der Waals surface area contributed by atoms with E-state index in [1.165, 1.54) is 0 Å². The number of hydrogen-bond donors (Lipinski definition) is 0. The van der Waals surface area contributed by atoms with Crippen LogP contribution >= 0.6 is 0 Å². The fourth-order valence-electron chi connectivity index (χ4n) is 0.939. The monoisotopic (exact) mass is 238 g/mol. The Morgan fingerprint density at radius 3 is 1.62 bits per heavy atom. The van der Waals surface area contributed by atoms with Crippen LogP contribution < -0.4 is 0 Å². The Hall–Kier alpha value is -0.230. The van der Waals surface area contributed by atoms with Crippen LogP contribution in [0.4, 0.5) is 4.39 Å². The van der Waals surface area contributed by atoms with E-state index in [-0.39, 0.29) is 12.7 Å². The van der Waals surface area contributed by atoms with Crippen molar-refractivity contribution in [3.8, 4) is 0 Å². The number of alkyl halides is 1. The van der Waals surface area contributed by atoms with Gasteiger partial charge in [0.15, 0.2) is 0 Å². The van der Waals surface area contributed by atoms with Gasteiger partial charge in [0, 0.05) is 0 Å². The molecule has 98 valence electrons. The maximum atomic E-state index is 11.6. The lowest BCUT2D eigenvalue weighted by atomic mass is 10.5. The van der Waals surface area contributed by atoms with Crippen molar-refractivity contribution in [1.82, 2.24) is 0 Å². The minimum Gasteiger partial charge on any atom is -0.377 e. The molecule has 0 aliphatic heterocycles. The maximum absolute atomic E-state index is 11.6. The summed E-state index contributed by atoms with van der Waals surface area (Å²) < 4.78 is 32.2. The van der Waals surface area contributed by atoms with Crippen molar-refractivity contribution >= 4 is 0 Å². The highest BCUT2D eigenvalue weighted by Crippen LogP contribution is 1.87. The van der Waals surface area contributed by atoms with Crippen LogP contribution in [0.3, 0.4) is 0 Å². The van der Waals surface area contributed by atoms with E-state index in [0.29, 0.717) is 39.6 Å². The first-order valence-electron chi connectivity index (χ1n) is 5.68. The third kappa shape index (κ3) is 13.8. The molecule has 0 saturated heterocycles. The molecule has 0 unspecified atom stereocenters. The summed E-state index contributed by atoms with van der Waals surface area (Å²) in [5.41, 5.74) is 0. The van der Waals surface area contributed by atoms with Crippen LogP contribution in [0.15, 0.2) is 0 Å². The topological polar surface area (TPSA) is 36.9 Å². The third-order valence-corrected chi connectivity index (χ3v) is 1.64. The number of ether oxygens (including phenoxy) is 4. The maximum Gasteiger partial charge on any atom is 0.113 e. The Morgan fingerprint density at radius 1 is 0.750 bits per heavy atom. The highest BCUT2D eigenvalue weighted by atomic mass is 19.1. The number of halogens is 1. The second-order valence-corrected chi connectivity index (χ2v) is 3.45. The van der Waals surface area contributed by atoms with E-state index in [1.807, 2.05) is 13.8 Å². The molecule has 0 radical (unpaired) electrons. The minimum atomic E-state index is -0.445. The van der Waals surface area contributed by atoms with Crippen molar-refractivity contribution in [2.75, 3.05) is 52.9 Å². The zero-order valence-corrected chi connectivity index (χ0v) is 10.2. The second-order valence-electron chi connectivity index (χ2n) is 3.45. The smallest absolute Gasteiger partial charge is 0.113 e. The van der Waals surface area contributed by atoms with E-state index in [2.05, 4.69) is 0 Å². The lowest BCUT2D eigenvalue weighted by Gasteiger charge is -2.08. The van der Waals surface area contributed by atoms with Crippen molar-refractivity contribution in [1.29, 1.82) is 0 Å². The second kappa shape index (κ2) is 12.8. The Morgan fingerprint density at radius 2 is 1.19 bits per heavy atom. The van der Waals surface area contributed by atoms with Crippen molar-refractivity contribution in [3.05, 3.63) is 0 Å². The molecule has 16 heavy (non-hydrogen) atoms. The Labute approximate surface area is 97.0 Å². The molecule has 0 aliphatic carbocycles. The zero-order valence-electron chi connectivity index (χ0n) is 10.2. The van der Waals surface area contributed by atoms with Gasteiger partial charge in [0.25, 0.3) is 0 Å². The quantitative estimate of drug-likeness (QED) is 0.482. The normalized spacial score (nSPS) is 11.2. The summed E-state index contributed by atoms with van der Waals surface area (Å²) in [6.45, 7) is 6.85. The lowest BCUT2D eigenvalue weighted by Crippen LogP contribution is -2.13. The summed E-state index contributed by atoms with van der Waals surface area (Å²) in [6.07, 6.45) is 0.243. The molecule has 0 saturated carbocycles. The van der Waals surface area contributed by atoms with Crippen LogP contribution in [0, 0.1) is 0 Å². The van der Waals surface area contributed by atoms with Crippen LogP contribution in [0.1, 0.15) is 13.8 Å². The first-order chi connectivity index (χ1) is 7.77. The first kappa shape index (κ1) is 15.8. The van der Waals surface area contributed by atoms with Gasteiger partial charge in [0.1, 0.15) is 6.67 Å². The van der Waals surface area contributed by atoms with E-state index >= 15 is 0 Å². The first-order valence-corrected chi connectivity index (χ1v) is 5.68. The van der Waals surface area contributed by atoms with Crippen molar-refractivity contribution in [2.45, 2.75) is 20.0 Å². The molecule has 0 bridgehead atoms. The van der Waals surface area contributed by atoms with Gasteiger partial charge in [-0.2, -0.15) is 0 Å². The lowest BCUT2D eigenvalue weighted by molar-refractivity contribution is -0.0124. The predicted molar refractivity (Wildman–Crippen MR) is 59.5 cm³/mol. The molecule has 0 rings (SSSR count). The van der Waals surface area contributed by atoms with Gasteiger partial charge in [-0.15, -0.1) is 0 Å². The van der Waals surface area contributed by atoms with Gasteiger partial charge >= 0.3 is 0 Å². The highest BCUT2D eigenvalue weighted by molar-refractivity contribution is 4.37. The molecule has 5 heteroatoms. The average molecular weight is 238 g/mol. The molecular weight excluding hydrogens is 215 g/mol. The summed E-state index contributed by atoms with van der Waals surface area (Å²) in [5.74, 6) is 0. The predicted octanol–water partition coefficient (Wildman–Crippen LogP) is 1.43. The molecule has 0 aromatic rings. The molecule has 0 fully saturated rings. The summed E-state index contributed by atoms with van der Waals surface area (Å²) in [5, 5.41) is 0. The SMILES string of the molecule is CC(C)OCCOCCOCCOCCF. The molecule has 0 spiro atoms. The van der Waals surface area contributed by atoms with Crippen LogP contribution in [0.25, 0.3) is 0 Å². The van der Waals surface area contributed by atoms with E-state index < -0.39 is 6.67 Å².